The summed E-state index contributed by atoms with van der Waals surface area (Å²) >= 11 is 0.501. The van der Waals surface area contributed by atoms with Crippen molar-refractivity contribution < 1.29 is 45.3 Å². The van der Waals surface area contributed by atoms with Crippen LogP contribution in [0, 0.1) is 0 Å². The van der Waals surface area contributed by atoms with E-state index in [1.807, 2.05) is 0 Å². The number of ether oxygens (including phenoxy) is 3. The van der Waals surface area contributed by atoms with Crippen molar-refractivity contribution in [2.75, 3.05) is 14.2 Å². The first-order valence-electron chi connectivity index (χ1n) is 9.79. The number of nitrogens with one attached hydrogen (secondary N) is 1. The molecule has 0 aliphatic rings. The molecular weight excluding hydrogens is 502 g/mol. The zero-order valence-electron chi connectivity index (χ0n) is 18.4. The van der Waals surface area contributed by atoms with Crippen LogP contribution in [-0.2, 0) is 6.18 Å². The molecule has 0 fully saturated rings. The fourth-order valence-corrected chi connectivity index (χ4v) is 4.10. The van der Waals surface area contributed by atoms with Gasteiger partial charge in [0.2, 0.25) is 0 Å². The van der Waals surface area contributed by atoms with Crippen LogP contribution >= 0.6 is 11.3 Å². The Morgan fingerprint density at radius 1 is 1.00 bits per heavy atom. The minimum absolute atomic E-state index is 0.116. The number of carbonyl (C=O) groups is 1. The summed E-state index contributed by atoms with van der Waals surface area (Å²) in [5.41, 5.74) is -0.989. The Morgan fingerprint density at radius 2 is 1.71 bits per heavy atom. The highest BCUT2D eigenvalue weighted by Crippen LogP contribution is 2.41. The molecule has 1 heterocycles. The van der Waals surface area contributed by atoms with Crippen molar-refractivity contribution in [1.29, 1.82) is 0 Å². The minimum Gasteiger partial charge on any atom is -0.497 e. The zero-order chi connectivity index (χ0) is 26.0. The number of amides is 1. The molecule has 0 aliphatic carbocycles. The van der Waals surface area contributed by atoms with Crippen LogP contribution in [0.4, 0.5) is 26.3 Å². The van der Waals surface area contributed by atoms with Gasteiger partial charge in [0.1, 0.15) is 27.1 Å². The monoisotopic (exact) mass is 520 g/mol. The Bertz CT molecular complexity index is 1210. The number of carbonyl (C=O) groups excluding carboxylic acids is 1. The summed E-state index contributed by atoms with van der Waals surface area (Å²) in [6, 6.07) is 8.23. The van der Waals surface area contributed by atoms with Gasteiger partial charge in [-0.2, -0.15) is 13.2 Å². The quantitative estimate of drug-likeness (QED) is 0.374. The number of hydrogen-bond donors (Lipinski definition) is 1. The maximum absolute atomic E-state index is 13.7. The van der Waals surface area contributed by atoms with E-state index in [1.54, 1.807) is 0 Å². The van der Waals surface area contributed by atoms with E-state index in [4.69, 9.17) is 9.47 Å². The fourth-order valence-electron chi connectivity index (χ4n) is 3.08. The van der Waals surface area contributed by atoms with Gasteiger partial charge in [-0.25, -0.2) is 4.98 Å². The van der Waals surface area contributed by atoms with E-state index < -0.39 is 40.8 Å². The van der Waals surface area contributed by atoms with Crippen LogP contribution in [0.1, 0.15) is 33.9 Å². The van der Waals surface area contributed by atoms with E-state index in [9.17, 15) is 31.1 Å². The van der Waals surface area contributed by atoms with Gasteiger partial charge in [0.25, 0.3) is 5.91 Å². The second-order valence-corrected chi connectivity index (χ2v) is 8.08. The summed E-state index contributed by atoms with van der Waals surface area (Å²) in [5, 5.41) is 2.25. The zero-order valence-corrected chi connectivity index (χ0v) is 19.2. The molecule has 0 radical (unpaired) electrons. The third-order valence-electron chi connectivity index (χ3n) is 4.68. The van der Waals surface area contributed by atoms with E-state index in [2.05, 4.69) is 15.0 Å². The molecule has 35 heavy (non-hydrogen) atoms. The standard InChI is InChI=1S/C22H18F6N2O4S/c1-11(12-5-4-6-14(9-12)34-22(26,27)28)29-19(31)17-18(21(23,24)25)30-20(35-17)15-8-7-13(32-2)10-16(15)33-3/h4-11H,1-3H3,(H,29,31). The second kappa shape index (κ2) is 10.0. The first-order chi connectivity index (χ1) is 16.3. The van der Waals surface area contributed by atoms with Gasteiger partial charge in [-0.15, -0.1) is 24.5 Å². The lowest BCUT2D eigenvalue weighted by atomic mass is 10.1. The van der Waals surface area contributed by atoms with Gasteiger partial charge in [-0.3, -0.25) is 4.79 Å². The predicted octanol–water partition coefficient (Wildman–Crippen LogP) is 6.24. The van der Waals surface area contributed by atoms with Crippen LogP contribution in [0.25, 0.3) is 10.6 Å². The third-order valence-corrected chi connectivity index (χ3v) is 5.77. The maximum atomic E-state index is 13.7. The second-order valence-electron chi connectivity index (χ2n) is 7.08. The fraction of sp³-hybridized carbons (Fsp3) is 0.273. The van der Waals surface area contributed by atoms with Crippen molar-refractivity contribution in [3.63, 3.8) is 0 Å². The Morgan fingerprint density at radius 3 is 2.31 bits per heavy atom. The smallest absolute Gasteiger partial charge is 0.497 e. The largest absolute Gasteiger partial charge is 0.573 e. The van der Waals surface area contributed by atoms with Crippen LogP contribution in [0.3, 0.4) is 0 Å². The molecule has 1 atom stereocenters. The van der Waals surface area contributed by atoms with Crippen LogP contribution in [-0.4, -0.2) is 31.5 Å². The summed E-state index contributed by atoms with van der Waals surface area (Å²) in [6.45, 7) is 1.41. The summed E-state index contributed by atoms with van der Waals surface area (Å²) in [7, 11) is 2.73. The summed E-state index contributed by atoms with van der Waals surface area (Å²) in [4.78, 5) is 15.7. The SMILES string of the molecule is COc1ccc(-c2nc(C(F)(F)F)c(C(=O)NC(C)c3cccc(OC(F)(F)F)c3)s2)c(OC)c1. The van der Waals surface area contributed by atoms with Crippen molar-refractivity contribution in [1.82, 2.24) is 10.3 Å². The normalized spacial score (nSPS) is 12.7. The van der Waals surface area contributed by atoms with Gasteiger partial charge >= 0.3 is 12.5 Å². The van der Waals surface area contributed by atoms with E-state index in [0.29, 0.717) is 17.1 Å². The third kappa shape index (κ3) is 6.35. The van der Waals surface area contributed by atoms with Gasteiger partial charge in [-0.05, 0) is 36.8 Å². The molecular formula is C22H18F6N2O4S. The molecule has 6 nitrogen and oxygen atoms in total. The van der Waals surface area contributed by atoms with Gasteiger partial charge in [0, 0.05) is 6.07 Å². The maximum Gasteiger partial charge on any atom is 0.573 e. The first-order valence-corrected chi connectivity index (χ1v) is 10.6. The molecule has 0 saturated carbocycles. The number of thiazole rings is 1. The molecule has 0 saturated heterocycles. The number of halogens is 6. The van der Waals surface area contributed by atoms with Crippen LogP contribution < -0.4 is 19.5 Å². The average Bonchev–Trinajstić information content (AvgIpc) is 3.23. The lowest BCUT2D eigenvalue weighted by Gasteiger charge is -2.16. The minimum atomic E-state index is -4.94. The Hall–Kier alpha value is -3.48. The number of nitrogens with zero attached hydrogens (tertiary/aromatic N) is 1. The Kier molecular flexibility index (Phi) is 7.48. The van der Waals surface area contributed by atoms with Gasteiger partial charge in [0.05, 0.1) is 25.8 Å². The highest BCUT2D eigenvalue weighted by Gasteiger charge is 2.40. The molecule has 3 aromatic rings. The summed E-state index contributed by atoms with van der Waals surface area (Å²) in [6.07, 6.45) is -9.86. The lowest BCUT2D eigenvalue weighted by molar-refractivity contribution is -0.274. The molecule has 2 aromatic carbocycles. The van der Waals surface area contributed by atoms with Crippen molar-refractivity contribution in [2.45, 2.75) is 25.5 Å². The molecule has 1 aromatic heterocycles. The number of rotatable bonds is 7. The average molecular weight is 520 g/mol. The van der Waals surface area contributed by atoms with Crippen molar-refractivity contribution in [3.8, 4) is 27.8 Å². The molecule has 1 unspecified atom stereocenters. The molecule has 0 bridgehead atoms. The van der Waals surface area contributed by atoms with Crippen LogP contribution in [0.15, 0.2) is 42.5 Å². The molecule has 13 heteroatoms. The van der Waals surface area contributed by atoms with Gasteiger partial charge in [0.15, 0.2) is 5.69 Å². The number of benzene rings is 2. The number of alkyl halides is 6. The highest BCUT2D eigenvalue weighted by molar-refractivity contribution is 7.17. The topological polar surface area (TPSA) is 69.7 Å². The molecule has 3 rings (SSSR count). The number of methoxy groups -OCH3 is 2. The number of hydrogen-bond acceptors (Lipinski definition) is 6. The van der Waals surface area contributed by atoms with Gasteiger partial charge in [-0.1, -0.05) is 12.1 Å². The molecule has 188 valence electrons. The summed E-state index contributed by atoms with van der Waals surface area (Å²) < 4.78 is 92.7. The highest BCUT2D eigenvalue weighted by atomic mass is 32.1. The van der Waals surface area contributed by atoms with E-state index in [0.717, 1.165) is 12.1 Å². The molecule has 1 N–H and O–H groups in total. The first kappa shape index (κ1) is 26.1. The van der Waals surface area contributed by atoms with E-state index in [1.165, 1.54) is 51.5 Å². The Labute approximate surface area is 199 Å². The lowest BCUT2D eigenvalue weighted by Crippen LogP contribution is -2.28. The van der Waals surface area contributed by atoms with Crippen LogP contribution in [0.2, 0.25) is 0 Å². The van der Waals surface area contributed by atoms with Crippen molar-refractivity contribution >= 4 is 17.2 Å². The van der Waals surface area contributed by atoms with Crippen molar-refractivity contribution in [2.24, 2.45) is 0 Å². The van der Waals surface area contributed by atoms with E-state index >= 15 is 0 Å². The molecule has 0 aliphatic heterocycles. The number of aromatic nitrogens is 1. The van der Waals surface area contributed by atoms with Crippen molar-refractivity contribution in [3.05, 3.63) is 58.6 Å². The predicted molar refractivity (Wildman–Crippen MR) is 115 cm³/mol. The van der Waals surface area contributed by atoms with Gasteiger partial charge < -0.3 is 19.5 Å². The Balaban J connectivity index is 1.93. The molecule has 1 amide bonds. The molecule has 0 spiro atoms. The van der Waals surface area contributed by atoms with Crippen LogP contribution in [0.5, 0.6) is 17.2 Å². The van der Waals surface area contributed by atoms with E-state index in [-0.39, 0.29) is 21.9 Å². The summed E-state index contributed by atoms with van der Waals surface area (Å²) in [5.74, 6) is -1.03.